The molecule has 0 amide bonds. The molecule has 0 unspecified atom stereocenters. The fraction of sp³-hybridized carbons (Fsp3) is 0.875. The zero-order valence-corrected chi connectivity index (χ0v) is 7.62. The molecule has 3 heteroatoms. The average molecular weight is 172 g/mol. The number of nitrogens with two attached hydrogens (primary N) is 1. The lowest BCUT2D eigenvalue weighted by molar-refractivity contribution is 0.886. The van der Waals surface area contributed by atoms with Crippen LogP contribution in [0.4, 0.5) is 0 Å². The van der Waals surface area contributed by atoms with Crippen LogP contribution in [0.5, 0.6) is 0 Å². The third-order valence-electron chi connectivity index (χ3n) is 2.03. The third kappa shape index (κ3) is 3.65. The van der Waals surface area contributed by atoms with E-state index in [1.807, 2.05) is 11.8 Å². The highest BCUT2D eigenvalue weighted by Gasteiger charge is 2.14. The van der Waals surface area contributed by atoms with Gasteiger partial charge in [0.1, 0.15) is 0 Å². The first-order valence-corrected chi connectivity index (χ1v) is 5.28. The molecule has 1 rings (SSSR count). The molecule has 0 heterocycles. The molecule has 1 aliphatic rings. The Labute approximate surface area is 72.4 Å². The van der Waals surface area contributed by atoms with Gasteiger partial charge in [-0.05, 0) is 12.8 Å². The zero-order chi connectivity index (χ0) is 8.10. The molecule has 0 spiro atoms. The second-order valence-corrected chi connectivity index (χ2v) is 4.46. The van der Waals surface area contributed by atoms with E-state index in [4.69, 9.17) is 11.1 Å². The second-order valence-electron chi connectivity index (χ2n) is 3.05. The van der Waals surface area contributed by atoms with Gasteiger partial charge in [0.25, 0.3) is 0 Å². The van der Waals surface area contributed by atoms with Gasteiger partial charge < -0.3 is 5.73 Å². The van der Waals surface area contributed by atoms with Crippen LogP contribution >= 0.6 is 11.8 Å². The molecule has 1 aliphatic carbocycles. The summed E-state index contributed by atoms with van der Waals surface area (Å²) >= 11 is 1.99. The van der Waals surface area contributed by atoms with Crippen LogP contribution in [-0.2, 0) is 0 Å². The third-order valence-corrected chi connectivity index (χ3v) is 3.41. The van der Waals surface area contributed by atoms with Crippen molar-refractivity contribution >= 4 is 17.6 Å². The summed E-state index contributed by atoms with van der Waals surface area (Å²) in [6.45, 7) is 0. The number of amidine groups is 1. The molecule has 3 N–H and O–H groups in total. The summed E-state index contributed by atoms with van der Waals surface area (Å²) in [5.74, 6) is 1.37. The Bertz CT molecular complexity index is 130. The van der Waals surface area contributed by atoms with Crippen molar-refractivity contribution in [1.29, 1.82) is 5.41 Å². The van der Waals surface area contributed by atoms with Gasteiger partial charge in [0.2, 0.25) is 0 Å². The van der Waals surface area contributed by atoms with E-state index in [0.717, 1.165) is 17.4 Å². The average Bonchev–Trinajstić information content (AvgIpc) is 2.39. The van der Waals surface area contributed by atoms with Crippen molar-refractivity contribution in [2.24, 2.45) is 5.73 Å². The van der Waals surface area contributed by atoms with Gasteiger partial charge in [0.05, 0.1) is 5.84 Å². The number of nitrogens with one attached hydrogen (secondary N) is 1. The quantitative estimate of drug-likeness (QED) is 0.503. The summed E-state index contributed by atoms with van der Waals surface area (Å²) in [6.07, 6.45) is 6.32. The van der Waals surface area contributed by atoms with Gasteiger partial charge in [-0.3, -0.25) is 5.41 Å². The van der Waals surface area contributed by atoms with Gasteiger partial charge in [0.15, 0.2) is 0 Å². The van der Waals surface area contributed by atoms with Crippen LogP contribution in [0.3, 0.4) is 0 Å². The van der Waals surface area contributed by atoms with Crippen molar-refractivity contribution < 1.29 is 0 Å². The molecule has 0 aromatic heterocycles. The first-order valence-electron chi connectivity index (χ1n) is 4.23. The number of rotatable bonds is 4. The maximum Gasteiger partial charge on any atom is 0.0913 e. The highest BCUT2D eigenvalue weighted by molar-refractivity contribution is 7.99. The predicted molar refractivity (Wildman–Crippen MR) is 51.2 cm³/mol. The minimum atomic E-state index is 0.329. The Balaban J connectivity index is 1.98. The molecule has 0 aliphatic heterocycles. The van der Waals surface area contributed by atoms with E-state index in [1.165, 1.54) is 25.7 Å². The molecule has 11 heavy (non-hydrogen) atoms. The van der Waals surface area contributed by atoms with Crippen molar-refractivity contribution in [2.45, 2.75) is 37.4 Å². The molecule has 0 saturated heterocycles. The van der Waals surface area contributed by atoms with E-state index in [-0.39, 0.29) is 0 Å². The topological polar surface area (TPSA) is 49.9 Å². The molecule has 0 atom stereocenters. The van der Waals surface area contributed by atoms with E-state index < -0.39 is 0 Å². The van der Waals surface area contributed by atoms with Gasteiger partial charge >= 0.3 is 0 Å². The van der Waals surface area contributed by atoms with Crippen LogP contribution in [0.1, 0.15) is 32.1 Å². The lowest BCUT2D eigenvalue weighted by atomic mass is 10.4. The van der Waals surface area contributed by atoms with Gasteiger partial charge in [0, 0.05) is 17.4 Å². The van der Waals surface area contributed by atoms with E-state index in [2.05, 4.69) is 0 Å². The molecule has 1 saturated carbocycles. The Hall–Kier alpha value is -0.180. The summed E-state index contributed by atoms with van der Waals surface area (Å²) in [4.78, 5) is 0. The fourth-order valence-electron chi connectivity index (χ4n) is 1.39. The van der Waals surface area contributed by atoms with E-state index in [9.17, 15) is 0 Å². The zero-order valence-electron chi connectivity index (χ0n) is 6.81. The SMILES string of the molecule is N=C(N)CCSC1CCCC1. The minimum Gasteiger partial charge on any atom is -0.388 e. The minimum absolute atomic E-state index is 0.329. The Morgan fingerprint density at radius 1 is 1.45 bits per heavy atom. The molecule has 1 fully saturated rings. The number of hydrogen-bond donors (Lipinski definition) is 2. The van der Waals surface area contributed by atoms with Crippen molar-refractivity contribution in [3.63, 3.8) is 0 Å². The molecule has 2 nitrogen and oxygen atoms in total. The Morgan fingerprint density at radius 3 is 2.64 bits per heavy atom. The Morgan fingerprint density at radius 2 is 2.09 bits per heavy atom. The molecule has 0 aromatic carbocycles. The van der Waals surface area contributed by atoms with Crippen molar-refractivity contribution in [2.75, 3.05) is 5.75 Å². The normalized spacial score (nSPS) is 18.9. The fourth-order valence-corrected chi connectivity index (χ4v) is 2.73. The lowest BCUT2D eigenvalue weighted by Gasteiger charge is -2.06. The van der Waals surface area contributed by atoms with Gasteiger partial charge in [-0.1, -0.05) is 12.8 Å². The molecule has 0 aromatic rings. The molecule has 0 bridgehead atoms. The summed E-state index contributed by atoms with van der Waals surface area (Å²) in [7, 11) is 0. The lowest BCUT2D eigenvalue weighted by Crippen LogP contribution is -2.11. The first-order chi connectivity index (χ1) is 5.29. The standard InChI is InChI=1S/C8H16N2S/c9-8(10)5-6-11-7-3-1-2-4-7/h7H,1-6H2,(H3,9,10). The van der Waals surface area contributed by atoms with Crippen molar-refractivity contribution in [3.8, 4) is 0 Å². The van der Waals surface area contributed by atoms with Gasteiger partial charge in [-0.2, -0.15) is 11.8 Å². The van der Waals surface area contributed by atoms with E-state index >= 15 is 0 Å². The highest BCUT2D eigenvalue weighted by atomic mass is 32.2. The monoisotopic (exact) mass is 172 g/mol. The Kier molecular flexibility index (Phi) is 3.77. The summed E-state index contributed by atoms with van der Waals surface area (Å²) in [5, 5.41) is 7.90. The van der Waals surface area contributed by atoms with Crippen LogP contribution in [0, 0.1) is 5.41 Å². The van der Waals surface area contributed by atoms with Crippen LogP contribution in [0.15, 0.2) is 0 Å². The van der Waals surface area contributed by atoms with Gasteiger partial charge in [-0.15, -0.1) is 0 Å². The summed E-state index contributed by atoms with van der Waals surface area (Å²) in [6, 6.07) is 0. The van der Waals surface area contributed by atoms with Crippen molar-refractivity contribution in [1.82, 2.24) is 0 Å². The van der Waals surface area contributed by atoms with Gasteiger partial charge in [-0.25, -0.2) is 0 Å². The maximum atomic E-state index is 7.03. The first kappa shape index (κ1) is 8.91. The maximum absolute atomic E-state index is 7.03. The van der Waals surface area contributed by atoms with Crippen LogP contribution < -0.4 is 5.73 Å². The molecule has 64 valence electrons. The van der Waals surface area contributed by atoms with Crippen LogP contribution in [0.2, 0.25) is 0 Å². The highest BCUT2D eigenvalue weighted by Crippen LogP contribution is 2.29. The van der Waals surface area contributed by atoms with Crippen LogP contribution in [-0.4, -0.2) is 16.8 Å². The number of hydrogen-bond acceptors (Lipinski definition) is 2. The van der Waals surface area contributed by atoms with E-state index in [1.54, 1.807) is 0 Å². The molecular weight excluding hydrogens is 156 g/mol. The smallest absolute Gasteiger partial charge is 0.0913 e. The predicted octanol–water partition coefficient (Wildman–Crippen LogP) is 1.99. The van der Waals surface area contributed by atoms with Crippen molar-refractivity contribution in [3.05, 3.63) is 0 Å². The summed E-state index contributed by atoms with van der Waals surface area (Å²) < 4.78 is 0. The summed E-state index contributed by atoms with van der Waals surface area (Å²) in [5.41, 5.74) is 5.25. The largest absolute Gasteiger partial charge is 0.388 e. The number of thioether (sulfide) groups is 1. The second kappa shape index (κ2) is 4.65. The van der Waals surface area contributed by atoms with Crippen LogP contribution in [0.25, 0.3) is 0 Å². The molecular formula is C8H16N2S. The molecule has 0 radical (unpaired) electrons. The van der Waals surface area contributed by atoms with E-state index in [0.29, 0.717) is 5.84 Å².